The van der Waals surface area contributed by atoms with Crippen molar-refractivity contribution in [2.75, 3.05) is 0 Å². The van der Waals surface area contributed by atoms with Crippen LogP contribution in [0.4, 0.5) is 0 Å². The Labute approximate surface area is 176 Å². The SMILES string of the molecule is O=C(Cn1cccnc1=O)NNC(=O)c1nc(-c2ccccc2)n(-c2ccccc2)n1. The topological polar surface area (TPSA) is 124 Å². The average Bonchev–Trinajstić information content (AvgIpc) is 3.26. The van der Waals surface area contributed by atoms with Gasteiger partial charge in [0, 0.05) is 18.0 Å². The molecule has 4 aromatic rings. The molecule has 2 heterocycles. The van der Waals surface area contributed by atoms with Crippen LogP contribution in [-0.2, 0) is 11.3 Å². The number of amides is 2. The third-order valence-electron chi connectivity index (χ3n) is 4.26. The molecule has 0 unspecified atom stereocenters. The molecule has 10 heteroatoms. The largest absolute Gasteiger partial charge is 0.347 e. The van der Waals surface area contributed by atoms with Crippen molar-refractivity contribution >= 4 is 11.8 Å². The van der Waals surface area contributed by atoms with E-state index >= 15 is 0 Å². The second kappa shape index (κ2) is 8.82. The highest BCUT2D eigenvalue weighted by Gasteiger charge is 2.19. The minimum Gasteiger partial charge on any atom is -0.290 e. The van der Waals surface area contributed by atoms with Gasteiger partial charge in [-0.05, 0) is 18.2 Å². The van der Waals surface area contributed by atoms with E-state index in [0.29, 0.717) is 5.82 Å². The van der Waals surface area contributed by atoms with Gasteiger partial charge in [0.1, 0.15) is 6.54 Å². The van der Waals surface area contributed by atoms with Gasteiger partial charge < -0.3 is 0 Å². The number of nitrogens with one attached hydrogen (secondary N) is 2. The highest BCUT2D eigenvalue weighted by Crippen LogP contribution is 2.20. The summed E-state index contributed by atoms with van der Waals surface area (Å²) in [5.41, 5.74) is 5.45. The van der Waals surface area contributed by atoms with Gasteiger partial charge >= 0.3 is 11.6 Å². The predicted octanol–water partition coefficient (Wildman–Crippen LogP) is 0.952. The number of carbonyl (C=O) groups excluding carboxylic acids is 2. The quantitative estimate of drug-likeness (QED) is 0.468. The van der Waals surface area contributed by atoms with E-state index in [0.717, 1.165) is 15.8 Å². The van der Waals surface area contributed by atoms with Crippen molar-refractivity contribution in [3.8, 4) is 17.1 Å². The molecular weight excluding hydrogens is 398 g/mol. The van der Waals surface area contributed by atoms with Gasteiger partial charge in [0.2, 0.25) is 5.82 Å². The van der Waals surface area contributed by atoms with E-state index < -0.39 is 17.5 Å². The van der Waals surface area contributed by atoms with Gasteiger partial charge in [-0.3, -0.25) is 25.0 Å². The lowest BCUT2D eigenvalue weighted by Crippen LogP contribution is -2.44. The van der Waals surface area contributed by atoms with Crippen LogP contribution in [-0.4, -0.2) is 36.1 Å². The van der Waals surface area contributed by atoms with E-state index in [9.17, 15) is 14.4 Å². The maximum Gasteiger partial charge on any atom is 0.347 e. The zero-order valence-electron chi connectivity index (χ0n) is 16.2. The number of nitrogens with zero attached hydrogens (tertiary/aromatic N) is 5. The van der Waals surface area contributed by atoms with Crippen molar-refractivity contribution in [1.82, 2.24) is 35.2 Å². The third kappa shape index (κ3) is 4.53. The zero-order chi connectivity index (χ0) is 21.6. The van der Waals surface area contributed by atoms with Gasteiger partial charge in [0.15, 0.2) is 5.82 Å². The van der Waals surface area contributed by atoms with Crippen LogP contribution in [0, 0.1) is 0 Å². The number of hydrogen-bond donors (Lipinski definition) is 2. The van der Waals surface area contributed by atoms with E-state index in [1.165, 1.54) is 18.5 Å². The summed E-state index contributed by atoms with van der Waals surface area (Å²) in [4.78, 5) is 44.1. The first kappa shape index (κ1) is 19.7. The Kier molecular flexibility index (Phi) is 5.61. The molecule has 2 aromatic carbocycles. The van der Waals surface area contributed by atoms with Crippen LogP contribution >= 0.6 is 0 Å². The van der Waals surface area contributed by atoms with E-state index in [1.807, 2.05) is 60.7 Å². The number of benzene rings is 2. The fourth-order valence-corrected chi connectivity index (χ4v) is 2.82. The second-order valence-corrected chi connectivity index (χ2v) is 6.40. The molecule has 0 fully saturated rings. The predicted molar refractivity (Wildman–Crippen MR) is 111 cm³/mol. The summed E-state index contributed by atoms with van der Waals surface area (Å²) in [7, 11) is 0. The second-order valence-electron chi connectivity index (χ2n) is 6.40. The van der Waals surface area contributed by atoms with Crippen LogP contribution in [0.15, 0.2) is 83.9 Å². The molecule has 31 heavy (non-hydrogen) atoms. The fraction of sp³-hybridized carbons (Fsp3) is 0.0476. The summed E-state index contributed by atoms with van der Waals surface area (Å²) in [6, 6.07) is 20.1. The number of carbonyl (C=O) groups is 2. The number of hydrogen-bond acceptors (Lipinski definition) is 6. The van der Waals surface area contributed by atoms with Gasteiger partial charge in [-0.1, -0.05) is 48.5 Å². The lowest BCUT2D eigenvalue weighted by Gasteiger charge is -2.06. The Bertz CT molecular complexity index is 1210. The Hall–Kier alpha value is -4.60. The van der Waals surface area contributed by atoms with Crippen LogP contribution in [0.3, 0.4) is 0 Å². The standard InChI is InChI=1S/C21H17N7O3/c29-17(14-27-13-7-12-22-21(27)31)24-25-20(30)18-23-19(15-8-3-1-4-9-15)28(26-18)16-10-5-2-6-11-16/h1-13H,14H2,(H,24,29)(H,25,30). The first-order valence-electron chi connectivity index (χ1n) is 9.30. The van der Waals surface area contributed by atoms with Crippen LogP contribution in [0.25, 0.3) is 17.1 Å². The molecule has 4 rings (SSSR count). The molecule has 0 aliphatic carbocycles. The van der Waals surface area contributed by atoms with E-state index in [2.05, 4.69) is 25.9 Å². The number of aromatic nitrogens is 5. The maximum atomic E-state index is 12.6. The van der Waals surface area contributed by atoms with Gasteiger partial charge in [-0.2, -0.15) is 0 Å². The summed E-state index contributed by atoms with van der Waals surface area (Å²) >= 11 is 0. The minimum atomic E-state index is -0.696. The molecule has 0 spiro atoms. The van der Waals surface area contributed by atoms with Gasteiger partial charge in [0.05, 0.1) is 5.69 Å². The van der Waals surface area contributed by atoms with E-state index in [1.54, 1.807) is 4.68 Å². The molecule has 0 atom stereocenters. The molecule has 0 saturated heterocycles. The van der Waals surface area contributed by atoms with Crippen LogP contribution in [0.1, 0.15) is 10.6 Å². The number of hydrazine groups is 1. The summed E-state index contributed by atoms with van der Waals surface area (Å²) in [5, 5.41) is 4.31. The normalized spacial score (nSPS) is 10.5. The van der Waals surface area contributed by atoms with Gasteiger partial charge in [0.25, 0.3) is 5.91 Å². The van der Waals surface area contributed by atoms with Crippen molar-refractivity contribution in [3.05, 3.63) is 95.4 Å². The minimum absolute atomic E-state index is 0.124. The van der Waals surface area contributed by atoms with Gasteiger partial charge in [-0.15, -0.1) is 5.10 Å². The molecule has 2 N–H and O–H groups in total. The summed E-state index contributed by atoms with van der Waals surface area (Å²) in [6.07, 6.45) is 2.75. The van der Waals surface area contributed by atoms with Crippen LogP contribution in [0.5, 0.6) is 0 Å². The monoisotopic (exact) mass is 415 g/mol. The lowest BCUT2D eigenvalue weighted by molar-refractivity contribution is -0.122. The highest BCUT2D eigenvalue weighted by molar-refractivity contribution is 5.92. The molecule has 2 aromatic heterocycles. The Morgan fingerprint density at radius 1 is 0.903 bits per heavy atom. The zero-order valence-corrected chi connectivity index (χ0v) is 16.2. The van der Waals surface area contributed by atoms with Gasteiger partial charge in [-0.25, -0.2) is 19.4 Å². The summed E-state index contributed by atoms with van der Waals surface area (Å²) < 4.78 is 2.67. The molecule has 0 bridgehead atoms. The maximum absolute atomic E-state index is 12.6. The molecule has 0 radical (unpaired) electrons. The van der Waals surface area contributed by atoms with Crippen LogP contribution < -0.4 is 16.5 Å². The molecule has 0 aliphatic rings. The third-order valence-corrected chi connectivity index (χ3v) is 4.26. The summed E-state index contributed by atoms with van der Waals surface area (Å²) in [6.45, 7) is -0.298. The van der Waals surface area contributed by atoms with Crippen molar-refractivity contribution in [2.45, 2.75) is 6.54 Å². The van der Waals surface area contributed by atoms with E-state index in [4.69, 9.17) is 0 Å². The van der Waals surface area contributed by atoms with Crippen molar-refractivity contribution in [2.24, 2.45) is 0 Å². The van der Waals surface area contributed by atoms with Crippen molar-refractivity contribution in [1.29, 1.82) is 0 Å². The Morgan fingerprint density at radius 3 is 2.32 bits per heavy atom. The Balaban J connectivity index is 1.53. The fourth-order valence-electron chi connectivity index (χ4n) is 2.82. The molecule has 0 aliphatic heterocycles. The van der Waals surface area contributed by atoms with Crippen molar-refractivity contribution < 1.29 is 9.59 Å². The lowest BCUT2D eigenvalue weighted by atomic mass is 10.2. The molecule has 2 amide bonds. The summed E-state index contributed by atoms with van der Waals surface area (Å²) in [5.74, 6) is -0.945. The first-order chi connectivity index (χ1) is 15.1. The average molecular weight is 415 g/mol. The molecule has 0 saturated carbocycles. The Morgan fingerprint density at radius 2 is 1.61 bits per heavy atom. The molecule has 10 nitrogen and oxygen atoms in total. The van der Waals surface area contributed by atoms with Crippen molar-refractivity contribution in [3.63, 3.8) is 0 Å². The highest BCUT2D eigenvalue weighted by atomic mass is 16.2. The van der Waals surface area contributed by atoms with Crippen LogP contribution in [0.2, 0.25) is 0 Å². The number of rotatable bonds is 5. The first-order valence-corrected chi connectivity index (χ1v) is 9.30. The smallest absolute Gasteiger partial charge is 0.290 e. The molecule has 154 valence electrons. The van der Waals surface area contributed by atoms with E-state index in [-0.39, 0.29) is 12.4 Å². The molecular formula is C21H17N7O3. The number of para-hydroxylation sites is 1.